The average Bonchev–Trinajstić information content (AvgIpc) is 3.13. The Labute approximate surface area is 151 Å². The molecular formula is C18H22FN3O4. The van der Waals surface area contributed by atoms with Crippen molar-refractivity contribution >= 4 is 17.7 Å². The summed E-state index contributed by atoms with van der Waals surface area (Å²) in [6.07, 6.45) is 0.599. The second-order valence-electron chi connectivity index (χ2n) is 6.32. The summed E-state index contributed by atoms with van der Waals surface area (Å²) in [6.45, 7) is 3.20. The van der Waals surface area contributed by atoms with Crippen molar-refractivity contribution in [3.8, 4) is 0 Å². The van der Waals surface area contributed by atoms with Crippen LogP contribution in [0, 0.1) is 5.82 Å². The van der Waals surface area contributed by atoms with E-state index in [9.17, 15) is 14.0 Å². The van der Waals surface area contributed by atoms with Gasteiger partial charge in [-0.2, -0.15) is 0 Å². The van der Waals surface area contributed by atoms with Crippen molar-refractivity contribution in [3.05, 3.63) is 35.6 Å². The van der Waals surface area contributed by atoms with Crippen LogP contribution in [0.1, 0.15) is 31.7 Å². The summed E-state index contributed by atoms with van der Waals surface area (Å²) in [5.74, 6) is -0.596. The van der Waals surface area contributed by atoms with Crippen molar-refractivity contribution < 1.29 is 23.6 Å². The third-order valence-electron chi connectivity index (χ3n) is 4.49. The van der Waals surface area contributed by atoms with E-state index in [0.717, 1.165) is 0 Å². The van der Waals surface area contributed by atoms with Gasteiger partial charge in [0.1, 0.15) is 5.82 Å². The number of rotatable bonds is 4. The first-order chi connectivity index (χ1) is 12.6. The fourth-order valence-electron chi connectivity index (χ4n) is 3.07. The monoisotopic (exact) mass is 363 g/mol. The van der Waals surface area contributed by atoms with E-state index >= 15 is 0 Å². The molecule has 3 rings (SSSR count). The van der Waals surface area contributed by atoms with Gasteiger partial charge in [-0.05, 0) is 31.9 Å². The Morgan fingerprint density at radius 2 is 2.15 bits per heavy atom. The normalized spacial score (nSPS) is 20.3. The van der Waals surface area contributed by atoms with E-state index in [1.807, 2.05) is 0 Å². The molecule has 0 radical (unpaired) electrons. The second-order valence-corrected chi connectivity index (χ2v) is 6.32. The first kappa shape index (κ1) is 18.2. The summed E-state index contributed by atoms with van der Waals surface area (Å²) in [4.78, 5) is 30.9. The lowest BCUT2D eigenvalue weighted by atomic mass is 10.0. The number of carbonyl (C=O) groups is 2. The minimum atomic E-state index is -0.712. The number of nitrogens with zero attached hydrogens (tertiary/aromatic N) is 2. The SMILES string of the molecule is CCOC(=O)N1CCC(NC(=O)[C@H]2CC(c3cccc(F)c3)=NO2)CC1. The molecule has 0 unspecified atom stereocenters. The van der Waals surface area contributed by atoms with Crippen molar-refractivity contribution in [1.82, 2.24) is 10.2 Å². The quantitative estimate of drug-likeness (QED) is 0.888. The van der Waals surface area contributed by atoms with E-state index < -0.39 is 6.10 Å². The lowest BCUT2D eigenvalue weighted by Gasteiger charge is -2.31. The molecule has 1 fully saturated rings. The van der Waals surface area contributed by atoms with Crippen LogP contribution in [0.15, 0.2) is 29.4 Å². The van der Waals surface area contributed by atoms with Gasteiger partial charge >= 0.3 is 6.09 Å². The third-order valence-corrected chi connectivity index (χ3v) is 4.49. The van der Waals surface area contributed by atoms with Crippen LogP contribution in [-0.4, -0.2) is 54.5 Å². The fourth-order valence-corrected chi connectivity index (χ4v) is 3.07. The molecule has 1 atom stereocenters. The number of hydrogen-bond acceptors (Lipinski definition) is 5. The van der Waals surface area contributed by atoms with E-state index in [0.29, 0.717) is 50.2 Å². The van der Waals surface area contributed by atoms with Crippen LogP contribution in [-0.2, 0) is 14.4 Å². The molecule has 0 bridgehead atoms. The molecule has 140 valence electrons. The lowest BCUT2D eigenvalue weighted by molar-refractivity contribution is -0.132. The average molecular weight is 363 g/mol. The van der Waals surface area contributed by atoms with E-state index in [1.165, 1.54) is 12.1 Å². The van der Waals surface area contributed by atoms with Gasteiger partial charge in [-0.1, -0.05) is 17.3 Å². The molecule has 2 aliphatic rings. The number of carbonyl (C=O) groups excluding carboxylic acids is 2. The summed E-state index contributed by atoms with van der Waals surface area (Å²) in [5.41, 5.74) is 1.17. The Hall–Kier alpha value is -2.64. The summed E-state index contributed by atoms with van der Waals surface area (Å²) in [7, 11) is 0. The van der Waals surface area contributed by atoms with Crippen LogP contribution in [0.2, 0.25) is 0 Å². The number of likely N-dealkylation sites (tertiary alicyclic amines) is 1. The number of benzene rings is 1. The minimum Gasteiger partial charge on any atom is -0.450 e. The molecule has 8 heteroatoms. The number of ether oxygens (including phenoxy) is 1. The first-order valence-electron chi connectivity index (χ1n) is 8.77. The van der Waals surface area contributed by atoms with Crippen molar-refractivity contribution in [2.45, 2.75) is 38.3 Å². The Balaban J connectivity index is 1.46. The highest BCUT2D eigenvalue weighted by atomic mass is 19.1. The van der Waals surface area contributed by atoms with Crippen molar-refractivity contribution in [2.75, 3.05) is 19.7 Å². The minimum absolute atomic E-state index is 0.0185. The Bertz CT molecular complexity index is 701. The topological polar surface area (TPSA) is 80.2 Å². The highest BCUT2D eigenvalue weighted by molar-refractivity contribution is 6.04. The van der Waals surface area contributed by atoms with Gasteiger partial charge in [-0.15, -0.1) is 0 Å². The molecule has 26 heavy (non-hydrogen) atoms. The molecule has 2 amide bonds. The second kappa shape index (κ2) is 8.16. The van der Waals surface area contributed by atoms with E-state index in [4.69, 9.17) is 9.57 Å². The molecule has 7 nitrogen and oxygen atoms in total. The number of hydrogen-bond donors (Lipinski definition) is 1. The summed E-state index contributed by atoms with van der Waals surface area (Å²) < 4.78 is 18.3. The molecule has 0 saturated carbocycles. The zero-order valence-electron chi connectivity index (χ0n) is 14.6. The largest absolute Gasteiger partial charge is 0.450 e. The number of amides is 2. The molecule has 2 aliphatic heterocycles. The first-order valence-corrected chi connectivity index (χ1v) is 8.77. The molecule has 1 saturated heterocycles. The number of halogens is 1. The van der Waals surface area contributed by atoms with E-state index in [2.05, 4.69) is 10.5 Å². The van der Waals surface area contributed by atoms with Crippen molar-refractivity contribution in [1.29, 1.82) is 0 Å². The van der Waals surface area contributed by atoms with Gasteiger partial charge in [0, 0.05) is 31.1 Å². The van der Waals surface area contributed by atoms with Gasteiger partial charge in [0.2, 0.25) is 6.10 Å². The zero-order chi connectivity index (χ0) is 18.5. The Morgan fingerprint density at radius 3 is 2.85 bits per heavy atom. The fraction of sp³-hybridized carbons (Fsp3) is 0.500. The molecule has 0 spiro atoms. The van der Waals surface area contributed by atoms with Gasteiger partial charge in [0.05, 0.1) is 12.3 Å². The van der Waals surface area contributed by atoms with Gasteiger partial charge in [-0.25, -0.2) is 9.18 Å². The van der Waals surface area contributed by atoms with Crippen molar-refractivity contribution in [2.24, 2.45) is 5.16 Å². The summed E-state index contributed by atoms with van der Waals surface area (Å²) in [6, 6.07) is 6.03. The van der Waals surface area contributed by atoms with E-state index in [-0.39, 0.29) is 23.9 Å². The van der Waals surface area contributed by atoms with Crippen LogP contribution in [0.5, 0.6) is 0 Å². The number of piperidine rings is 1. The van der Waals surface area contributed by atoms with Gasteiger partial charge in [0.15, 0.2) is 0 Å². The Morgan fingerprint density at radius 1 is 1.38 bits per heavy atom. The standard InChI is InChI=1S/C18H22FN3O4/c1-2-25-18(24)22-8-6-14(7-9-22)20-17(23)16-11-15(21-26-16)12-4-3-5-13(19)10-12/h3-5,10,14,16H,2,6-9,11H2,1H3,(H,20,23)/t16-/m1/s1. The highest BCUT2D eigenvalue weighted by Crippen LogP contribution is 2.19. The number of oxime groups is 1. The lowest BCUT2D eigenvalue weighted by Crippen LogP contribution is -2.49. The molecule has 1 N–H and O–H groups in total. The molecular weight excluding hydrogens is 341 g/mol. The predicted octanol–water partition coefficient (Wildman–Crippen LogP) is 2.06. The maximum atomic E-state index is 13.3. The molecule has 0 aliphatic carbocycles. The smallest absolute Gasteiger partial charge is 0.409 e. The molecule has 1 aromatic carbocycles. The maximum Gasteiger partial charge on any atom is 0.409 e. The summed E-state index contributed by atoms with van der Waals surface area (Å²) >= 11 is 0. The van der Waals surface area contributed by atoms with Crippen LogP contribution in [0.25, 0.3) is 0 Å². The van der Waals surface area contributed by atoms with Crippen LogP contribution < -0.4 is 5.32 Å². The zero-order valence-corrected chi connectivity index (χ0v) is 14.6. The van der Waals surface area contributed by atoms with Crippen LogP contribution in [0.3, 0.4) is 0 Å². The van der Waals surface area contributed by atoms with Crippen LogP contribution >= 0.6 is 0 Å². The van der Waals surface area contributed by atoms with Gasteiger partial charge in [-0.3, -0.25) is 4.79 Å². The predicted molar refractivity (Wildman–Crippen MR) is 92.2 cm³/mol. The maximum absolute atomic E-state index is 13.3. The van der Waals surface area contributed by atoms with Crippen LogP contribution in [0.4, 0.5) is 9.18 Å². The molecule has 0 aromatic heterocycles. The van der Waals surface area contributed by atoms with E-state index in [1.54, 1.807) is 24.0 Å². The summed E-state index contributed by atoms with van der Waals surface area (Å²) in [5, 5.41) is 6.86. The highest BCUT2D eigenvalue weighted by Gasteiger charge is 2.32. The van der Waals surface area contributed by atoms with Gasteiger partial charge < -0.3 is 19.8 Å². The third kappa shape index (κ3) is 4.30. The molecule has 2 heterocycles. The number of nitrogens with one attached hydrogen (secondary N) is 1. The van der Waals surface area contributed by atoms with Gasteiger partial charge in [0.25, 0.3) is 5.91 Å². The Kier molecular flexibility index (Phi) is 5.70. The molecule has 1 aromatic rings. The van der Waals surface area contributed by atoms with Crippen molar-refractivity contribution in [3.63, 3.8) is 0 Å².